The number of methoxy groups -OCH3 is 1. The molecule has 0 saturated carbocycles. The number of carbonyl (C=O) groups is 2. The number of benzene rings is 1. The highest BCUT2D eigenvalue weighted by Crippen LogP contribution is 2.34. The first-order chi connectivity index (χ1) is 8.51. The zero-order chi connectivity index (χ0) is 13.3. The van der Waals surface area contributed by atoms with Gasteiger partial charge in [0.1, 0.15) is 5.70 Å². The molecular formula is C11H9ClN2O4. The molecule has 1 aromatic carbocycles. The number of hydrogen-bond acceptors (Lipinski definition) is 4. The number of imide groups is 1. The molecule has 18 heavy (non-hydrogen) atoms. The van der Waals surface area contributed by atoms with E-state index in [1.165, 1.54) is 25.3 Å². The van der Waals surface area contributed by atoms with Crippen LogP contribution in [0.4, 0.5) is 4.79 Å². The van der Waals surface area contributed by atoms with E-state index in [-0.39, 0.29) is 22.8 Å². The average Bonchev–Trinajstić information content (AvgIpc) is 2.62. The van der Waals surface area contributed by atoms with Crippen LogP contribution in [0.1, 0.15) is 5.56 Å². The highest BCUT2D eigenvalue weighted by molar-refractivity contribution is 6.31. The Bertz CT molecular complexity index is 568. The second kappa shape index (κ2) is 4.58. The van der Waals surface area contributed by atoms with E-state index in [4.69, 9.17) is 16.3 Å². The largest absolute Gasteiger partial charge is 0.504 e. The lowest BCUT2D eigenvalue weighted by molar-refractivity contribution is -0.115. The van der Waals surface area contributed by atoms with Gasteiger partial charge in [0.2, 0.25) is 0 Å². The van der Waals surface area contributed by atoms with Gasteiger partial charge in [-0.1, -0.05) is 11.6 Å². The molecule has 0 aliphatic carbocycles. The van der Waals surface area contributed by atoms with E-state index in [9.17, 15) is 14.7 Å². The highest BCUT2D eigenvalue weighted by Gasteiger charge is 2.23. The number of carbonyl (C=O) groups excluding carboxylic acids is 2. The number of aromatic hydroxyl groups is 1. The Morgan fingerprint density at radius 3 is 2.61 bits per heavy atom. The average molecular weight is 269 g/mol. The van der Waals surface area contributed by atoms with Gasteiger partial charge >= 0.3 is 6.03 Å². The standard InChI is InChI=1S/C11H9ClN2O4/c1-18-8-4-6(12)2-5(9(8)15)3-7-10(16)14-11(17)13-7/h2-4,15H,1H3,(H2,13,14,16,17). The maximum Gasteiger partial charge on any atom is 0.326 e. The first-order valence-corrected chi connectivity index (χ1v) is 5.29. The predicted octanol–water partition coefficient (Wildman–Crippen LogP) is 1.23. The molecule has 0 spiro atoms. The van der Waals surface area contributed by atoms with E-state index in [1.807, 2.05) is 5.32 Å². The van der Waals surface area contributed by atoms with Gasteiger partial charge in [0.05, 0.1) is 7.11 Å². The molecule has 1 aromatic rings. The summed E-state index contributed by atoms with van der Waals surface area (Å²) in [5.41, 5.74) is 0.298. The molecule has 0 atom stereocenters. The molecule has 3 amide bonds. The quantitative estimate of drug-likeness (QED) is 0.556. The minimum absolute atomic E-state index is 0.0274. The lowest BCUT2D eigenvalue weighted by atomic mass is 10.1. The predicted molar refractivity (Wildman–Crippen MR) is 64.3 cm³/mol. The third-order valence-electron chi connectivity index (χ3n) is 2.31. The van der Waals surface area contributed by atoms with Crippen LogP contribution in [0.5, 0.6) is 11.5 Å². The third-order valence-corrected chi connectivity index (χ3v) is 2.53. The lowest BCUT2D eigenvalue weighted by Gasteiger charge is -2.07. The molecule has 7 heteroatoms. The zero-order valence-corrected chi connectivity index (χ0v) is 10.0. The van der Waals surface area contributed by atoms with Crippen LogP contribution in [0.3, 0.4) is 0 Å². The lowest BCUT2D eigenvalue weighted by Crippen LogP contribution is -2.22. The molecule has 0 bridgehead atoms. The molecule has 2 rings (SSSR count). The van der Waals surface area contributed by atoms with Crippen LogP contribution in [0.15, 0.2) is 17.8 Å². The number of phenolic OH excluding ortho intramolecular Hbond substituents is 1. The van der Waals surface area contributed by atoms with Gasteiger partial charge in [0.25, 0.3) is 5.91 Å². The van der Waals surface area contributed by atoms with Gasteiger partial charge in [0.15, 0.2) is 11.5 Å². The van der Waals surface area contributed by atoms with E-state index in [0.29, 0.717) is 5.02 Å². The fourth-order valence-electron chi connectivity index (χ4n) is 1.50. The number of urea groups is 1. The van der Waals surface area contributed by atoms with Crippen LogP contribution >= 0.6 is 11.6 Å². The summed E-state index contributed by atoms with van der Waals surface area (Å²) in [5.74, 6) is -0.555. The van der Waals surface area contributed by atoms with Gasteiger partial charge in [-0.25, -0.2) is 4.79 Å². The van der Waals surface area contributed by atoms with Gasteiger partial charge in [-0.3, -0.25) is 10.1 Å². The summed E-state index contributed by atoms with van der Waals surface area (Å²) in [4.78, 5) is 22.3. The van der Waals surface area contributed by atoms with Crippen molar-refractivity contribution >= 4 is 29.6 Å². The summed E-state index contributed by atoms with van der Waals surface area (Å²) >= 11 is 5.84. The van der Waals surface area contributed by atoms with Gasteiger partial charge in [-0.2, -0.15) is 0 Å². The van der Waals surface area contributed by atoms with E-state index in [0.717, 1.165) is 0 Å². The SMILES string of the molecule is COc1cc(Cl)cc(C=C2NC(=O)NC2=O)c1O. The van der Waals surface area contributed by atoms with Gasteiger partial charge in [-0.15, -0.1) is 0 Å². The number of rotatable bonds is 2. The van der Waals surface area contributed by atoms with Crippen LogP contribution < -0.4 is 15.4 Å². The van der Waals surface area contributed by atoms with Crippen molar-refractivity contribution in [2.45, 2.75) is 0 Å². The van der Waals surface area contributed by atoms with Crippen molar-refractivity contribution in [3.05, 3.63) is 28.4 Å². The summed E-state index contributed by atoms with van der Waals surface area (Å²) < 4.78 is 4.93. The number of hydrogen-bond donors (Lipinski definition) is 3. The van der Waals surface area contributed by atoms with E-state index < -0.39 is 11.9 Å². The summed E-state index contributed by atoms with van der Waals surface area (Å²) in [5, 5.41) is 14.5. The van der Waals surface area contributed by atoms with Crippen LogP contribution in [0, 0.1) is 0 Å². The molecule has 0 radical (unpaired) electrons. The normalized spacial score (nSPS) is 16.7. The smallest absolute Gasteiger partial charge is 0.326 e. The summed E-state index contributed by atoms with van der Waals surface area (Å²) in [6.07, 6.45) is 1.31. The fraction of sp³-hybridized carbons (Fsp3) is 0.0909. The van der Waals surface area contributed by atoms with Crippen molar-refractivity contribution in [1.82, 2.24) is 10.6 Å². The molecule has 1 aliphatic heterocycles. The number of nitrogens with one attached hydrogen (secondary N) is 2. The molecular weight excluding hydrogens is 260 g/mol. The molecule has 0 unspecified atom stereocenters. The third kappa shape index (κ3) is 2.23. The molecule has 1 heterocycles. The number of halogens is 1. The molecule has 1 saturated heterocycles. The molecule has 94 valence electrons. The van der Waals surface area contributed by atoms with Gasteiger partial charge < -0.3 is 15.2 Å². The monoisotopic (exact) mass is 268 g/mol. The molecule has 1 aliphatic rings. The Balaban J connectivity index is 2.46. The zero-order valence-electron chi connectivity index (χ0n) is 9.28. The molecule has 0 aromatic heterocycles. The van der Waals surface area contributed by atoms with Crippen molar-refractivity contribution in [3.8, 4) is 11.5 Å². The molecule has 6 nitrogen and oxygen atoms in total. The summed E-state index contributed by atoms with van der Waals surface area (Å²) in [6.45, 7) is 0. The van der Waals surface area contributed by atoms with Crippen molar-refractivity contribution in [2.75, 3.05) is 7.11 Å². The molecule has 1 fully saturated rings. The second-order valence-electron chi connectivity index (χ2n) is 3.51. The van der Waals surface area contributed by atoms with Crippen LogP contribution in [0.25, 0.3) is 6.08 Å². The number of phenols is 1. The van der Waals surface area contributed by atoms with Crippen molar-refractivity contribution in [2.24, 2.45) is 0 Å². The summed E-state index contributed by atoms with van der Waals surface area (Å²) in [7, 11) is 1.38. The Morgan fingerprint density at radius 2 is 2.06 bits per heavy atom. The Kier molecular flexibility index (Phi) is 3.12. The molecule has 3 N–H and O–H groups in total. The Labute approximate surface area is 107 Å². The minimum Gasteiger partial charge on any atom is -0.504 e. The van der Waals surface area contributed by atoms with Crippen LogP contribution in [-0.4, -0.2) is 24.2 Å². The van der Waals surface area contributed by atoms with Crippen LogP contribution in [0.2, 0.25) is 5.02 Å². The van der Waals surface area contributed by atoms with Gasteiger partial charge in [0, 0.05) is 16.7 Å². The Hall–Kier alpha value is -2.21. The van der Waals surface area contributed by atoms with E-state index >= 15 is 0 Å². The fourth-order valence-corrected chi connectivity index (χ4v) is 1.71. The van der Waals surface area contributed by atoms with Crippen molar-refractivity contribution in [3.63, 3.8) is 0 Å². The maximum absolute atomic E-state index is 11.3. The van der Waals surface area contributed by atoms with Crippen LogP contribution in [-0.2, 0) is 4.79 Å². The van der Waals surface area contributed by atoms with Crippen molar-refractivity contribution < 1.29 is 19.4 Å². The Morgan fingerprint density at radius 1 is 1.33 bits per heavy atom. The number of ether oxygens (including phenoxy) is 1. The number of amides is 3. The first-order valence-electron chi connectivity index (χ1n) is 4.92. The second-order valence-corrected chi connectivity index (χ2v) is 3.95. The highest BCUT2D eigenvalue weighted by atomic mass is 35.5. The summed E-state index contributed by atoms with van der Waals surface area (Å²) in [6, 6.07) is 2.27. The minimum atomic E-state index is -0.611. The first kappa shape index (κ1) is 12.3. The van der Waals surface area contributed by atoms with Gasteiger partial charge in [-0.05, 0) is 12.1 Å². The van der Waals surface area contributed by atoms with E-state index in [1.54, 1.807) is 0 Å². The maximum atomic E-state index is 11.3. The topological polar surface area (TPSA) is 87.7 Å². The van der Waals surface area contributed by atoms with E-state index in [2.05, 4.69) is 5.32 Å². The van der Waals surface area contributed by atoms with Crippen molar-refractivity contribution in [1.29, 1.82) is 0 Å².